The Kier molecular flexibility index (Phi) is 6.35. The van der Waals surface area contributed by atoms with Crippen molar-refractivity contribution in [1.29, 1.82) is 0 Å². The first-order valence-electron chi connectivity index (χ1n) is 7.37. The highest BCUT2D eigenvalue weighted by molar-refractivity contribution is 9.10. The number of halogens is 1. The van der Waals surface area contributed by atoms with Crippen LogP contribution < -0.4 is 9.47 Å². The van der Waals surface area contributed by atoms with Crippen LogP contribution in [0.15, 0.2) is 40.9 Å². The molecule has 0 fully saturated rings. The van der Waals surface area contributed by atoms with Crippen LogP contribution in [0.25, 0.3) is 0 Å². The third-order valence-corrected chi connectivity index (χ3v) is 3.81. The van der Waals surface area contributed by atoms with Crippen molar-refractivity contribution in [3.05, 3.63) is 62.1 Å². The van der Waals surface area contributed by atoms with Crippen molar-refractivity contribution in [3.63, 3.8) is 0 Å². The maximum atomic E-state index is 12.3. The summed E-state index contributed by atoms with van der Waals surface area (Å²) in [6.45, 7) is 2.05. The van der Waals surface area contributed by atoms with Gasteiger partial charge in [0.05, 0.1) is 24.7 Å². The largest absolute Gasteiger partial charge is 0.493 e. The highest BCUT2D eigenvalue weighted by atomic mass is 79.9. The van der Waals surface area contributed by atoms with Gasteiger partial charge in [0.1, 0.15) is 12.2 Å². The summed E-state index contributed by atoms with van der Waals surface area (Å²) in [5.41, 5.74) is 0.171. The summed E-state index contributed by atoms with van der Waals surface area (Å²) in [7, 11) is 1.39. The number of hydrogen-bond donors (Lipinski definition) is 0. The van der Waals surface area contributed by atoms with Gasteiger partial charge in [0, 0.05) is 10.5 Å². The summed E-state index contributed by atoms with van der Waals surface area (Å²) in [5, 5.41) is 11.3. The molecule has 2 aromatic rings. The Morgan fingerprint density at radius 1 is 1.20 bits per heavy atom. The highest BCUT2D eigenvalue weighted by Gasteiger charge is 2.25. The maximum Gasteiger partial charge on any atom is 0.345 e. The Bertz CT molecular complexity index is 775. The number of rotatable bonds is 7. The van der Waals surface area contributed by atoms with Crippen LogP contribution >= 0.6 is 15.9 Å². The molecule has 2 rings (SSSR count). The van der Waals surface area contributed by atoms with Gasteiger partial charge in [-0.2, -0.15) is 0 Å². The molecule has 25 heavy (non-hydrogen) atoms. The lowest BCUT2D eigenvalue weighted by molar-refractivity contribution is -0.385. The zero-order chi connectivity index (χ0) is 18.4. The first kappa shape index (κ1) is 18.7. The van der Waals surface area contributed by atoms with Crippen LogP contribution in [0.2, 0.25) is 0 Å². The molecule has 0 radical (unpaired) electrons. The van der Waals surface area contributed by atoms with Crippen molar-refractivity contribution in [1.82, 2.24) is 0 Å². The van der Waals surface area contributed by atoms with Gasteiger partial charge < -0.3 is 14.2 Å². The average Bonchev–Trinajstić information content (AvgIpc) is 2.60. The fraction of sp³-hybridized carbons (Fsp3) is 0.235. The van der Waals surface area contributed by atoms with Crippen LogP contribution in [0.5, 0.6) is 11.5 Å². The maximum absolute atomic E-state index is 12.3. The van der Waals surface area contributed by atoms with Crippen LogP contribution in [0.1, 0.15) is 22.8 Å². The fourth-order valence-corrected chi connectivity index (χ4v) is 2.36. The van der Waals surface area contributed by atoms with Gasteiger partial charge in [0.25, 0.3) is 5.69 Å². The Labute approximate surface area is 152 Å². The summed E-state index contributed by atoms with van der Waals surface area (Å²) in [6.07, 6.45) is 0. The van der Waals surface area contributed by atoms with Crippen molar-refractivity contribution in [2.24, 2.45) is 0 Å². The Hall–Kier alpha value is -2.61. The van der Waals surface area contributed by atoms with Crippen LogP contribution in [-0.4, -0.2) is 24.6 Å². The summed E-state index contributed by atoms with van der Waals surface area (Å²) in [6, 6.07) is 9.61. The zero-order valence-electron chi connectivity index (χ0n) is 13.7. The molecule has 0 aromatic heterocycles. The molecule has 0 atom stereocenters. The summed E-state index contributed by atoms with van der Waals surface area (Å²) >= 11 is 3.31. The second kappa shape index (κ2) is 8.48. The van der Waals surface area contributed by atoms with E-state index in [1.54, 1.807) is 19.1 Å². The predicted molar refractivity (Wildman–Crippen MR) is 94.1 cm³/mol. The monoisotopic (exact) mass is 409 g/mol. The topological polar surface area (TPSA) is 87.9 Å². The molecule has 2 aromatic carbocycles. The van der Waals surface area contributed by atoms with Crippen LogP contribution in [0.3, 0.4) is 0 Å². The third kappa shape index (κ3) is 4.69. The minimum atomic E-state index is -0.809. The van der Waals surface area contributed by atoms with Crippen LogP contribution in [0.4, 0.5) is 5.69 Å². The number of methoxy groups -OCH3 is 1. The van der Waals surface area contributed by atoms with Crippen LogP contribution in [-0.2, 0) is 11.3 Å². The molecule has 0 saturated heterocycles. The summed E-state index contributed by atoms with van der Waals surface area (Å²) in [4.78, 5) is 23.0. The Morgan fingerprint density at radius 3 is 2.44 bits per heavy atom. The molecule has 0 aliphatic carbocycles. The number of nitrogens with zero attached hydrogens (tertiary/aromatic N) is 1. The molecule has 0 unspecified atom stereocenters. The van der Waals surface area contributed by atoms with Crippen molar-refractivity contribution >= 4 is 27.6 Å². The van der Waals surface area contributed by atoms with Gasteiger partial charge in [-0.15, -0.1) is 0 Å². The smallest absolute Gasteiger partial charge is 0.345 e. The zero-order valence-corrected chi connectivity index (χ0v) is 15.2. The highest BCUT2D eigenvalue weighted by Crippen LogP contribution is 2.35. The molecular formula is C17H16BrNO6. The molecule has 0 amide bonds. The number of nitro benzene ring substituents is 1. The number of ether oxygens (including phenoxy) is 3. The number of carbonyl (C=O) groups excluding carboxylic acids is 1. The van der Waals surface area contributed by atoms with E-state index in [0.29, 0.717) is 6.61 Å². The molecule has 0 bridgehead atoms. The molecule has 132 valence electrons. The molecule has 0 heterocycles. The van der Waals surface area contributed by atoms with Gasteiger partial charge in [-0.3, -0.25) is 10.1 Å². The van der Waals surface area contributed by atoms with Gasteiger partial charge in [-0.05, 0) is 24.6 Å². The summed E-state index contributed by atoms with van der Waals surface area (Å²) in [5.74, 6) is -0.389. The van der Waals surface area contributed by atoms with Gasteiger partial charge >= 0.3 is 5.97 Å². The first-order chi connectivity index (χ1) is 12.0. The van der Waals surface area contributed by atoms with Crippen molar-refractivity contribution in [3.8, 4) is 11.5 Å². The SMILES string of the molecule is CCOc1cc([N+](=O)[O-])c(C(=O)OCc2ccc(Br)cc2)cc1OC. The molecule has 8 heteroatoms. The number of benzene rings is 2. The summed E-state index contributed by atoms with van der Waals surface area (Å²) < 4.78 is 16.5. The molecule has 7 nitrogen and oxygen atoms in total. The lowest BCUT2D eigenvalue weighted by Crippen LogP contribution is -2.09. The lowest BCUT2D eigenvalue weighted by atomic mass is 10.1. The van der Waals surface area contributed by atoms with E-state index < -0.39 is 16.6 Å². The fourth-order valence-electron chi connectivity index (χ4n) is 2.10. The molecule has 0 aliphatic heterocycles. The van der Waals surface area contributed by atoms with Crippen molar-refractivity contribution in [2.75, 3.05) is 13.7 Å². The Morgan fingerprint density at radius 2 is 1.88 bits per heavy atom. The van der Waals surface area contributed by atoms with E-state index >= 15 is 0 Å². The number of esters is 1. The van der Waals surface area contributed by atoms with Crippen molar-refractivity contribution < 1.29 is 23.9 Å². The van der Waals surface area contributed by atoms with E-state index in [9.17, 15) is 14.9 Å². The van der Waals surface area contributed by atoms with Gasteiger partial charge in [-0.25, -0.2) is 4.79 Å². The quantitative estimate of drug-likeness (QED) is 0.388. The minimum Gasteiger partial charge on any atom is -0.493 e. The van der Waals surface area contributed by atoms with Gasteiger partial charge in [-0.1, -0.05) is 28.1 Å². The van der Waals surface area contributed by atoms with E-state index in [-0.39, 0.29) is 23.7 Å². The minimum absolute atomic E-state index is 0.00120. The molecular weight excluding hydrogens is 394 g/mol. The van der Waals surface area contributed by atoms with E-state index in [1.807, 2.05) is 12.1 Å². The van der Waals surface area contributed by atoms with Crippen molar-refractivity contribution in [2.45, 2.75) is 13.5 Å². The second-order valence-electron chi connectivity index (χ2n) is 4.91. The van der Waals surface area contributed by atoms with Gasteiger partial charge in [0.2, 0.25) is 0 Å². The van der Waals surface area contributed by atoms with E-state index in [4.69, 9.17) is 14.2 Å². The number of carbonyl (C=O) groups is 1. The molecule has 0 N–H and O–H groups in total. The Balaban J connectivity index is 2.27. The normalized spacial score (nSPS) is 10.2. The molecule has 0 spiro atoms. The average molecular weight is 410 g/mol. The standard InChI is InChI=1S/C17H16BrNO6/c1-3-24-16-9-14(19(21)22)13(8-15(16)23-2)17(20)25-10-11-4-6-12(18)7-5-11/h4-9H,3,10H2,1-2H3. The van der Waals surface area contributed by atoms with Crippen LogP contribution in [0, 0.1) is 10.1 Å². The van der Waals surface area contributed by atoms with E-state index in [2.05, 4.69) is 15.9 Å². The lowest BCUT2D eigenvalue weighted by Gasteiger charge is -2.11. The first-order valence-corrected chi connectivity index (χ1v) is 8.16. The molecule has 0 aliphatic rings. The predicted octanol–water partition coefficient (Wildman–Crippen LogP) is 4.12. The third-order valence-electron chi connectivity index (χ3n) is 3.28. The number of hydrogen-bond acceptors (Lipinski definition) is 6. The second-order valence-corrected chi connectivity index (χ2v) is 5.83. The number of nitro groups is 1. The van der Waals surface area contributed by atoms with Gasteiger partial charge in [0.15, 0.2) is 11.5 Å². The van der Waals surface area contributed by atoms with E-state index in [1.165, 1.54) is 19.2 Å². The molecule has 0 saturated carbocycles. The van der Waals surface area contributed by atoms with E-state index in [0.717, 1.165) is 10.0 Å².